The van der Waals surface area contributed by atoms with Gasteiger partial charge in [0.1, 0.15) is 4.83 Å². The minimum Gasteiger partial charge on any atom is -0.395 e. The Labute approximate surface area is 156 Å². The molecule has 0 unspecified atom stereocenters. The van der Waals surface area contributed by atoms with Crippen LogP contribution in [0, 0.1) is 0 Å². The van der Waals surface area contributed by atoms with Crippen LogP contribution >= 0.6 is 22.7 Å². The third-order valence-corrected chi connectivity index (χ3v) is 5.67. The first-order chi connectivity index (χ1) is 12.7. The van der Waals surface area contributed by atoms with Crippen molar-refractivity contribution >= 4 is 49.1 Å². The molecule has 0 spiro atoms. The Bertz CT molecular complexity index is 1010. The average Bonchev–Trinajstić information content (AvgIpc) is 3.35. The fourth-order valence-corrected chi connectivity index (χ4v) is 4.42. The van der Waals surface area contributed by atoms with Gasteiger partial charge in [-0.1, -0.05) is 29.5 Å². The van der Waals surface area contributed by atoms with Crippen molar-refractivity contribution in [2.45, 2.75) is 0 Å². The normalized spacial score (nSPS) is 11.0. The van der Waals surface area contributed by atoms with E-state index in [-0.39, 0.29) is 12.5 Å². The van der Waals surface area contributed by atoms with E-state index in [1.54, 1.807) is 16.9 Å². The largest absolute Gasteiger partial charge is 0.395 e. The summed E-state index contributed by atoms with van der Waals surface area (Å²) in [5.74, 6) is 0.289. The lowest BCUT2D eigenvalue weighted by atomic mass is 10.3. The zero-order valence-corrected chi connectivity index (χ0v) is 15.2. The highest BCUT2D eigenvalue weighted by atomic mass is 32.1. The highest BCUT2D eigenvalue weighted by molar-refractivity contribution is 7.29. The number of carbonyl (C=O) groups excluding carboxylic acids is 1. The SMILES string of the molecule is O=C(Nc1ccn(-c2ccccc2)n1)c1cc2sc(NCCO)nc2s1. The zero-order chi connectivity index (χ0) is 17.9. The number of fused-ring (bicyclic) bond motifs is 1. The van der Waals surface area contributed by atoms with Crippen molar-refractivity contribution in [1.29, 1.82) is 0 Å². The van der Waals surface area contributed by atoms with Crippen LogP contribution in [-0.4, -0.2) is 38.9 Å². The second kappa shape index (κ2) is 7.24. The molecule has 3 aromatic heterocycles. The molecule has 1 aromatic carbocycles. The molecule has 3 N–H and O–H groups in total. The first-order valence-electron chi connectivity index (χ1n) is 7.90. The van der Waals surface area contributed by atoms with Gasteiger partial charge in [0.2, 0.25) is 0 Å². The summed E-state index contributed by atoms with van der Waals surface area (Å²) in [6.07, 6.45) is 1.80. The summed E-state index contributed by atoms with van der Waals surface area (Å²) in [4.78, 5) is 18.3. The topological polar surface area (TPSA) is 92.1 Å². The number of para-hydroxylation sites is 1. The minimum absolute atomic E-state index is 0.0521. The summed E-state index contributed by atoms with van der Waals surface area (Å²) in [5.41, 5.74) is 0.928. The molecular weight excluding hydrogens is 370 g/mol. The van der Waals surface area contributed by atoms with E-state index in [2.05, 4.69) is 20.7 Å². The minimum atomic E-state index is -0.205. The lowest BCUT2D eigenvalue weighted by molar-refractivity contribution is 0.103. The van der Waals surface area contributed by atoms with Gasteiger partial charge < -0.3 is 15.7 Å². The maximum atomic E-state index is 12.5. The number of hydrogen-bond acceptors (Lipinski definition) is 7. The fraction of sp³-hybridized carbons (Fsp3) is 0.118. The number of nitrogens with zero attached hydrogens (tertiary/aromatic N) is 3. The number of aliphatic hydroxyl groups excluding tert-OH is 1. The number of amides is 1. The quantitative estimate of drug-likeness (QED) is 0.474. The van der Waals surface area contributed by atoms with Crippen molar-refractivity contribution in [3.63, 3.8) is 0 Å². The highest BCUT2D eigenvalue weighted by Crippen LogP contribution is 2.33. The van der Waals surface area contributed by atoms with Gasteiger partial charge in [0.05, 0.1) is 21.9 Å². The van der Waals surface area contributed by atoms with Crippen LogP contribution in [0.15, 0.2) is 48.7 Å². The molecule has 132 valence electrons. The maximum absolute atomic E-state index is 12.5. The lowest BCUT2D eigenvalue weighted by Gasteiger charge is -2.01. The molecular formula is C17H15N5O2S2. The molecule has 0 aliphatic carbocycles. The van der Waals surface area contributed by atoms with Crippen molar-refractivity contribution in [3.05, 3.63) is 53.5 Å². The zero-order valence-electron chi connectivity index (χ0n) is 13.5. The number of nitrogens with one attached hydrogen (secondary N) is 2. The predicted molar refractivity (Wildman–Crippen MR) is 105 cm³/mol. The molecule has 0 fully saturated rings. The van der Waals surface area contributed by atoms with Crippen LogP contribution in [0.4, 0.5) is 10.9 Å². The number of thiazole rings is 1. The second-order valence-corrected chi connectivity index (χ2v) is 7.45. The molecule has 3 heterocycles. The number of carbonyl (C=O) groups is 1. The number of benzene rings is 1. The number of anilines is 2. The van der Waals surface area contributed by atoms with Crippen molar-refractivity contribution in [3.8, 4) is 5.69 Å². The Hall–Kier alpha value is -2.75. The fourth-order valence-electron chi connectivity index (χ4n) is 2.38. The van der Waals surface area contributed by atoms with Gasteiger partial charge in [-0.15, -0.1) is 11.3 Å². The van der Waals surface area contributed by atoms with Crippen molar-refractivity contribution in [1.82, 2.24) is 14.8 Å². The summed E-state index contributed by atoms with van der Waals surface area (Å²) in [6, 6.07) is 13.3. The van der Waals surface area contributed by atoms with Gasteiger partial charge in [-0.05, 0) is 18.2 Å². The Morgan fingerprint density at radius 1 is 1.19 bits per heavy atom. The van der Waals surface area contributed by atoms with Gasteiger partial charge in [0, 0.05) is 18.8 Å². The van der Waals surface area contributed by atoms with E-state index in [1.165, 1.54) is 22.7 Å². The van der Waals surface area contributed by atoms with Gasteiger partial charge in [-0.2, -0.15) is 5.10 Å². The number of aliphatic hydroxyl groups is 1. The summed E-state index contributed by atoms with van der Waals surface area (Å²) in [5, 5.41) is 19.8. The number of rotatable bonds is 6. The molecule has 7 nitrogen and oxygen atoms in total. The summed E-state index contributed by atoms with van der Waals surface area (Å²) in [7, 11) is 0. The predicted octanol–water partition coefficient (Wildman–Crippen LogP) is 3.20. The third-order valence-electron chi connectivity index (χ3n) is 3.55. The van der Waals surface area contributed by atoms with Crippen LogP contribution in [0.5, 0.6) is 0 Å². The van der Waals surface area contributed by atoms with E-state index in [1.807, 2.05) is 36.4 Å². The molecule has 0 aliphatic rings. The molecule has 0 aliphatic heterocycles. The molecule has 0 atom stereocenters. The summed E-state index contributed by atoms with van der Waals surface area (Å²) < 4.78 is 2.65. The Morgan fingerprint density at radius 2 is 2.04 bits per heavy atom. The molecule has 26 heavy (non-hydrogen) atoms. The van der Waals surface area contributed by atoms with E-state index < -0.39 is 0 Å². The van der Waals surface area contributed by atoms with E-state index in [9.17, 15) is 4.79 Å². The summed E-state index contributed by atoms with van der Waals surface area (Å²) in [6.45, 7) is 0.509. The van der Waals surface area contributed by atoms with Crippen molar-refractivity contribution in [2.75, 3.05) is 23.8 Å². The van der Waals surface area contributed by atoms with Crippen LogP contribution in [0.1, 0.15) is 9.67 Å². The number of thiophene rings is 1. The van der Waals surface area contributed by atoms with Gasteiger partial charge in [-0.25, -0.2) is 9.67 Å². The lowest BCUT2D eigenvalue weighted by Crippen LogP contribution is -2.11. The molecule has 0 saturated heterocycles. The number of hydrogen-bond donors (Lipinski definition) is 3. The van der Waals surface area contributed by atoms with Crippen LogP contribution in [0.3, 0.4) is 0 Å². The van der Waals surface area contributed by atoms with Crippen molar-refractivity contribution in [2.24, 2.45) is 0 Å². The first-order valence-corrected chi connectivity index (χ1v) is 9.54. The molecule has 0 radical (unpaired) electrons. The van der Waals surface area contributed by atoms with Crippen LogP contribution in [0.2, 0.25) is 0 Å². The first kappa shape index (κ1) is 16.7. The van der Waals surface area contributed by atoms with Crippen LogP contribution in [0.25, 0.3) is 15.2 Å². The van der Waals surface area contributed by atoms with Gasteiger partial charge in [0.25, 0.3) is 5.91 Å². The Morgan fingerprint density at radius 3 is 2.81 bits per heavy atom. The maximum Gasteiger partial charge on any atom is 0.267 e. The number of aromatic nitrogens is 3. The van der Waals surface area contributed by atoms with Crippen molar-refractivity contribution < 1.29 is 9.90 Å². The van der Waals surface area contributed by atoms with Gasteiger partial charge >= 0.3 is 0 Å². The standard InChI is InChI=1S/C17H15N5O2S2/c23-9-7-18-17-20-16-13(26-17)10-12(25-16)15(24)19-14-6-8-22(21-14)11-4-2-1-3-5-11/h1-6,8,10,23H,7,9H2,(H,18,20)(H,19,21,24). The van der Waals surface area contributed by atoms with Crippen LogP contribution < -0.4 is 10.6 Å². The average molecular weight is 385 g/mol. The molecule has 1 amide bonds. The Kier molecular flexibility index (Phi) is 4.65. The smallest absolute Gasteiger partial charge is 0.267 e. The monoisotopic (exact) mass is 385 g/mol. The molecule has 0 saturated carbocycles. The van der Waals surface area contributed by atoms with E-state index in [0.29, 0.717) is 17.2 Å². The summed E-state index contributed by atoms with van der Waals surface area (Å²) >= 11 is 2.79. The van der Waals surface area contributed by atoms with Gasteiger partial charge in [-0.3, -0.25) is 4.79 Å². The van der Waals surface area contributed by atoms with E-state index in [0.717, 1.165) is 20.3 Å². The van der Waals surface area contributed by atoms with Crippen LogP contribution in [-0.2, 0) is 0 Å². The Balaban J connectivity index is 1.47. The molecule has 9 heteroatoms. The molecule has 0 bridgehead atoms. The van der Waals surface area contributed by atoms with Gasteiger partial charge in [0.15, 0.2) is 10.9 Å². The molecule has 4 aromatic rings. The molecule has 4 rings (SSSR count). The highest BCUT2D eigenvalue weighted by Gasteiger charge is 2.15. The third kappa shape index (κ3) is 3.45. The second-order valence-electron chi connectivity index (χ2n) is 5.38. The van der Waals surface area contributed by atoms with E-state index in [4.69, 9.17) is 5.11 Å². The van der Waals surface area contributed by atoms with E-state index >= 15 is 0 Å².